The number of hydrogen-bond acceptors (Lipinski definition) is 4. The molecule has 4 rings (SSSR count). The molecular weight excluding hydrogens is 379 g/mol. The number of nitrogens with two attached hydrogens (primary N) is 1. The minimum Gasteiger partial charge on any atom is -0.384 e. The van der Waals surface area contributed by atoms with Gasteiger partial charge in [-0.1, -0.05) is 24.3 Å². The molecule has 30 heavy (non-hydrogen) atoms. The number of fused-ring (bicyclic) bond motifs is 1. The Morgan fingerprint density at radius 1 is 1.23 bits per heavy atom. The predicted molar refractivity (Wildman–Crippen MR) is 119 cm³/mol. The highest BCUT2D eigenvalue weighted by atomic mass is 19.1. The fraction of sp³-hybridized carbons (Fsp3) is 0.333. The van der Waals surface area contributed by atoms with Crippen molar-refractivity contribution in [3.8, 4) is 11.3 Å². The summed E-state index contributed by atoms with van der Waals surface area (Å²) in [5, 5.41) is 8.06. The number of anilines is 1. The normalized spacial score (nSPS) is 16.5. The maximum atomic E-state index is 14.3. The summed E-state index contributed by atoms with van der Waals surface area (Å²) in [6, 6.07) is 14.3. The van der Waals surface area contributed by atoms with Crippen molar-refractivity contribution in [2.45, 2.75) is 25.7 Å². The van der Waals surface area contributed by atoms with E-state index in [1.165, 1.54) is 31.4 Å². The number of pyridine rings is 1. The lowest BCUT2D eigenvalue weighted by Crippen LogP contribution is -2.29. The average Bonchev–Trinajstić information content (AvgIpc) is 2.77. The van der Waals surface area contributed by atoms with E-state index in [1.54, 1.807) is 6.07 Å². The molecule has 6 heteroatoms. The minimum atomic E-state index is -0.777. The SMILES string of the molecule is NC(=O)c1ccc(-c2cc(NCCCC3CCCNC3)c3ccccc3n2)cc1F. The number of carbonyl (C=O) groups is 1. The third-order valence-electron chi connectivity index (χ3n) is 5.75. The maximum absolute atomic E-state index is 14.3. The molecule has 1 atom stereocenters. The van der Waals surface area contributed by atoms with E-state index in [-0.39, 0.29) is 5.56 Å². The standard InChI is InChI=1S/C24H27FN4O/c25-20-13-17(9-10-18(20)24(26)30)22-14-23(19-7-1-2-8-21(19)29-22)28-12-4-6-16-5-3-11-27-15-16/h1-2,7-10,13-14,16,27H,3-6,11-12,15H2,(H2,26,30)(H,28,29). The molecule has 2 heterocycles. The highest BCUT2D eigenvalue weighted by Gasteiger charge is 2.14. The van der Waals surface area contributed by atoms with E-state index in [9.17, 15) is 9.18 Å². The first-order valence-corrected chi connectivity index (χ1v) is 10.6. The van der Waals surface area contributed by atoms with E-state index >= 15 is 0 Å². The van der Waals surface area contributed by atoms with Crippen LogP contribution in [0, 0.1) is 11.7 Å². The van der Waals surface area contributed by atoms with Crippen LogP contribution in [0.1, 0.15) is 36.0 Å². The van der Waals surface area contributed by atoms with E-state index in [2.05, 4.69) is 10.6 Å². The molecule has 0 radical (unpaired) electrons. The lowest BCUT2D eigenvalue weighted by molar-refractivity contribution is 0.0996. The molecule has 1 aliphatic rings. The van der Waals surface area contributed by atoms with E-state index in [0.29, 0.717) is 11.3 Å². The van der Waals surface area contributed by atoms with Gasteiger partial charge in [0.2, 0.25) is 0 Å². The number of aromatic nitrogens is 1. The van der Waals surface area contributed by atoms with Gasteiger partial charge in [0.25, 0.3) is 5.91 Å². The molecular formula is C24H27FN4O. The molecule has 1 aliphatic heterocycles. The Balaban J connectivity index is 1.55. The number of para-hydroxylation sites is 1. The van der Waals surface area contributed by atoms with Gasteiger partial charge in [0.1, 0.15) is 5.82 Å². The number of benzene rings is 2. The van der Waals surface area contributed by atoms with Crippen molar-refractivity contribution in [2.75, 3.05) is 25.0 Å². The number of nitrogens with zero attached hydrogens (tertiary/aromatic N) is 1. The summed E-state index contributed by atoms with van der Waals surface area (Å²) < 4.78 is 14.3. The van der Waals surface area contributed by atoms with E-state index < -0.39 is 11.7 Å². The number of rotatable bonds is 7. The molecule has 3 aromatic rings. The van der Waals surface area contributed by atoms with Gasteiger partial charge in [-0.05, 0) is 69.0 Å². The first-order chi connectivity index (χ1) is 14.6. The van der Waals surface area contributed by atoms with Crippen LogP contribution in [0.5, 0.6) is 0 Å². The summed E-state index contributed by atoms with van der Waals surface area (Å²) in [7, 11) is 0. The van der Waals surface area contributed by atoms with Gasteiger partial charge in [0, 0.05) is 23.2 Å². The molecule has 0 bridgehead atoms. The van der Waals surface area contributed by atoms with Crippen LogP contribution in [0.15, 0.2) is 48.5 Å². The largest absolute Gasteiger partial charge is 0.384 e. The van der Waals surface area contributed by atoms with Crippen LogP contribution >= 0.6 is 0 Å². The van der Waals surface area contributed by atoms with E-state index in [0.717, 1.165) is 48.6 Å². The van der Waals surface area contributed by atoms with Crippen LogP contribution in [-0.4, -0.2) is 30.5 Å². The molecule has 0 saturated carbocycles. The first kappa shape index (κ1) is 20.3. The van der Waals surface area contributed by atoms with E-state index in [1.807, 2.05) is 30.3 Å². The molecule has 1 fully saturated rings. The van der Waals surface area contributed by atoms with Crippen molar-refractivity contribution in [3.05, 3.63) is 59.9 Å². The quantitative estimate of drug-likeness (QED) is 0.510. The number of halogens is 1. The molecule has 0 aliphatic carbocycles. The smallest absolute Gasteiger partial charge is 0.251 e. The van der Waals surface area contributed by atoms with Crippen LogP contribution < -0.4 is 16.4 Å². The predicted octanol–water partition coefficient (Wildman–Crippen LogP) is 4.33. The van der Waals surface area contributed by atoms with Gasteiger partial charge in [-0.3, -0.25) is 4.79 Å². The van der Waals surface area contributed by atoms with Crippen LogP contribution in [0.25, 0.3) is 22.2 Å². The molecule has 156 valence electrons. The maximum Gasteiger partial charge on any atom is 0.251 e. The Morgan fingerprint density at radius 2 is 2.10 bits per heavy atom. The van der Waals surface area contributed by atoms with Crippen molar-refractivity contribution in [1.29, 1.82) is 0 Å². The number of carbonyl (C=O) groups excluding carboxylic acids is 1. The van der Waals surface area contributed by atoms with Crippen LogP contribution in [0.2, 0.25) is 0 Å². The van der Waals surface area contributed by atoms with Crippen LogP contribution in [0.3, 0.4) is 0 Å². The topological polar surface area (TPSA) is 80.0 Å². The van der Waals surface area contributed by atoms with Gasteiger partial charge < -0.3 is 16.4 Å². The third kappa shape index (κ3) is 4.60. The number of piperidine rings is 1. The number of nitrogens with one attached hydrogen (secondary N) is 2. The zero-order chi connectivity index (χ0) is 20.9. The van der Waals surface area contributed by atoms with Crippen molar-refractivity contribution in [1.82, 2.24) is 10.3 Å². The van der Waals surface area contributed by atoms with Crippen molar-refractivity contribution in [3.63, 3.8) is 0 Å². The van der Waals surface area contributed by atoms with Gasteiger partial charge >= 0.3 is 0 Å². The van der Waals surface area contributed by atoms with Crippen molar-refractivity contribution < 1.29 is 9.18 Å². The van der Waals surface area contributed by atoms with E-state index in [4.69, 9.17) is 10.7 Å². The molecule has 2 aromatic carbocycles. The summed E-state index contributed by atoms with van der Waals surface area (Å²) in [5.74, 6) is -0.649. The van der Waals surface area contributed by atoms with Gasteiger partial charge in [-0.15, -0.1) is 0 Å². The fourth-order valence-electron chi connectivity index (χ4n) is 4.13. The highest BCUT2D eigenvalue weighted by Crippen LogP contribution is 2.29. The van der Waals surface area contributed by atoms with Crippen LogP contribution in [0.4, 0.5) is 10.1 Å². The molecule has 1 amide bonds. The summed E-state index contributed by atoms with van der Waals surface area (Å²) in [5.41, 5.74) is 8.19. The van der Waals surface area contributed by atoms with Gasteiger partial charge in [0.15, 0.2) is 0 Å². The molecule has 1 unspecified atom stereocenters. The monoisotopic (exact) mass is 406 g/mol. The zero-order valence-corrected chi connectivity index (χ0v) is 17.0. The summed E-state index contributed by atoms with van der Waals surface area (Å²) in [6.45, 7) is 3.13. The van der Waals surface area contributed by atoms with Crippen LogP contribution in [-0.2, 0) is 0 Å². The molecule has 0 spiro atoms. The summed E-state index contributed by atoms with van der Waals surface area (Å²) in [4.78, 5) is 16.0. The Bertz CT molecular complexity index is 1050. The molecule has 1 saturated heterocycles. The average molecular weight is 407 g/mol. The molecule has 4 N–H and O–H groups in total. The number of hydrogen-bond donors (Lipinski definition) is 3. The Morgan fingerprint density at radius 3 is 2.87 bits per heavy atom. The lowest BCUT2D eigenvalue weighted by atomic mass is 9.95. The molecule has 1 aromatic heterocycles. The highest BCUT2D eigenvalue weighted by molar-refractivity contribution is 5.95. The zero-order valence-electron chi connectivity index (χ0n) is 17.0. The van der Waals surface area contributed by atoms with Gasteiger partial charge in [-0.25, -0.2) is 9.37 Å². The molecule has 5 nitrogen and oxygen atoms in total. The summed E-state index contributed by atoms with van der Waals surface area (Å²) in [6.07, 6.45) is 4.87. The lowest BCUT2D eigenvalue weighted by Gasteiger charge is -2.22. The number of amides is 1. The Kier molecular flexibility index (Phi) is 6.23. The second kappa shape index (κ2) is 9.22. The summed E-state index contributed by atoms with van der Waals surface area (Å²) >= 11 is 0. The minimum absolute atomic E-state index is 0.116. The van der Waals surface area contributed by atoms with Gasteiger partial charge in [0.05, 0.1) is 16.8 Å². The Hall–Kier alpha value is -2.99. The Labute approximate surface area is 175 Å². The van der Waals surface area contributed by atoms with Crippen molar-refractivity contribution >= 4 is 22.5 Å². The van der Waals surface area contributed by atoms with Crippen molar-refractivity contribution in [2.24, 2.45) is 11.7 Å². The third-order valence-corrected chi connectivity index (χ3v) is 5.75. The van der Waals surface area contributed by atoms with Gasteiger partial charge in [-0.2, -0.15) is 0 Å². The number of primary amides is 1. The fourth-order valence-corrected chi connectivity index (χ4v) is 4.13. The second-order valence-electron chi connectivity index (χ2n) is 7.91. The second-order valence-corrected chi connectivity index (χ2v) is 7.91. The first-order valence-electron chi connectivity index (χ1n) is 10.6.